The van der Waals surface area contributed by atoms with Gasteiger partial charge in [-0.3, -0.25) is 4.98 Å². The zero-order valence-electron chi connectivity index (χ0n) is 17.6. The normalized spacial score (nSPS) is 14.5. The van der Waals surface area contributed by atoms with Gasteiger partial charge < -0.3 is 0 Å². The van der Waals surface area contributed by atoms with E-state index in [1.165, 1.54) is 6.07 Å². The Balaban J connectivity index is 1.70. The summed E-state index contributed by atoms with van der Waals surface area (Å²) in [4.78, 5) is 4.51. The average Bonchev–Trinajstić information content (AvgIpc) is 3.18. The molecule has 0 bridgehead atoms. The van der Waals surface area contributed by atoms with Gasteiger partial charge in [0.15, 0.2) is 0 Å². The standard InChI is InChI=1S/C26H18F3NS/c1-16(17-7-3-2-4-8-17)18-13-14-30-23(15-18)21-11-5-9-19-20-10-6-12-22(26(27,28)29)25(20)31-24(19)21/h2-16H,1H3/i16D. The summed E-state index contributed by atoms with van der Waals surface area (Å²) in [5.41, 5.74) is 2.41. The van der Waals surface area contributed by atoms with Gasteiger partial charge in [-0.05, 0) is 29.3 Å². The van der Waals surface area contributed by atoms with Crippen LogP contribution in [-0.2, 0) is 6.18 Å². The molecule has 3 aromatic carbocycles. The van der Waals surface area contributed by atoms with Crippen LogP contribution in [0.1, 0.15) is 30.9 Å². The lowest BCUT2D eigenvalue weighted by molar-refractivity contribution is -0.136. The Morgan fingerprint density at radius 2 is 1.55 bits per heavy atom. The maximum Gasteiger partial charge on any atom is 0.417 e. The largest absolute Gasteiger partial charge is 0.417 e. The molecule has 31 heavy (non-hydrogen) atoms. The molecule has 2 aromatic heterocycles. The number of benzene rings is 3. The van der Waals surface area contributed by atoms with Crippen LogP contribution in [0.4, 0.5) is 13.2 Å². The molecule has 0 radical (unpaired) electrons. The van der Waals surface area contributed by atoms with Crippen LogP contribution in [0.15, 0.2) is 85.1 Å². The lowest BCUT2D eigenvalue weighted by Crippen LogP contribution is -2.04. The number of fused-ring (bicyclic) bond motifs is 3. The van der Waals surface area contributed by atoms with E-state index in [-0.39, 0.29) is 4.70 Å². The van der Waals surface area contributed by atoms with Crippen LogP contribution >= 0.6 is 11.3 Å². The Kier molecular flexibility index (Phi) is 4.50. The fraction of sp³-hybridized carbons (Fsp3) is 0.115. The van der Waals surface area contributed by atoms with Crippen molar-refractivity contribution in [3.8, 4) is 11.3 Å². The summed E-state index contributed by atoms with van der Waals surface area (Å²) in [5, 5.41) is 1.37. The number of pyridine rings is 1. The van der Waals surface area contributed by atoms with E-state index in [4.69, 9.17) is 1.37 Å². The zero-order valence-corrected chi connectivity index (χ0v) is 17.4. The third-order valence-corrected chi connectivity index (χ3v) is 6.79. The van der Waals surface area contributed by atoms with Crippen LogP contribution in [0.3, 0.4) is 0 Å². The second-order valence-electron chi connectivity index (χ2n) is 7.39. The summed E-state index contributed by atoms with van der Waals surface area (Å²) in [6.45, 7) is 1.83. The van der Waals surface area contributed by atoms with Crippen molar-refractivity contribution in [3.63, 3.8) is 0 Å². The molecular formula is C26H18F3NS. The lowest BCUT2D eigenvalue weighted by Gasteiger charge is -2.13. The minimum absolute atomic E-state index is 0.230. The van der Waals surface area contributed by atoms with Crippen molar-refractivity contribution in [2.75, 3.05) is 0 Å². The predicted octanol–water partition coefficient (Wildman–Crippen LogP) is 8.29. The van der Waals surface area contributed by atoms with E-state index >= 15 is 0 Å². The highest BCUT2D eigenvalue weighted by molar-refractivity contribution is 7.26. The van der Waals surface area contributed by atoms with E-state index in [0.29, 0.717) is 11.1 Å². The Morgan fingerprint density at radius 1 is 0.839 bits per heavy atom. The molecule has 154 valence electrons. The van der Waals surface area contributed by atoms with E-state index in [9.17, 15) is 13.2 Å². The molecule has 1 unspecified atom stereocenters. The summed E-state index contributed by atoms with van der Waals surface area (Å²) < 4.78 is 50.7. The van der Waals surface area contributed by atoms with Gasteiger partial charge in [-0.2, -0.15) is 13.2 Å². The van der Waals surface area contributed by atoms with Crippen molar-refractivity contribution >= 4 is 31.5 Å². The molecular weight excluding hydrogens is 415 g/mol. The molecule has 2 heterocycles. The second kappa shape index (κ2) is 7.50. The minimum atomic E-state index is -4.42. The van der Waals surface area contributed by atoms with Gasteiger partial charge in [0.05, 0.1) is 11.3 Å². The number of rotatable bonds is 3. The summed E-state index contributed by atoms with van der Waals surface area (Å²) in [6, 6.07) is 23.1. The molecule has 0 amide bonds. The fourth-order valence-electron chi connectivity index (χ4n) is 3.91. The smallest absolute Gasteiger partial charge is 0.256 e. The Hall–Kier alpha value is -3.18. The Labute approximate surface area is 183 Å². The van der Waals surface area contributed by atoms with E-state index < -0.39 is 17.6 Å². The summed E-state index contributed by atoms with van der Waals surface area (Å²) in [5.74, 6) is -0.990. The highest BCUT2D eigenvalue weighted by atomic mass is 32.1. The first-order valence-electron chi connectivity index (χ1n) is 10.3. The van der Waals surface area contributed by atoms with Crippen molar-refractivity contribution < 1.29 is 14.5 Å². The molecule has 5 heteroatoms. The predicted molar refractivity (Wildman–Crippen MR) is 122 cm³/mol. The third-order valence-electron chi connectivity index (χ3n) is 5.51. The molecule has 0 aliphatic heterocycles. The SMILES string of the molecule is [2H]C(C)(c1ccccc1)c1ccnc(-c2cccc3c2sc2c(C(F)(F)F)cccc23)c1. The van der Waals surface area contributed by atoms with E-state index in [1.54, 1.807) is 12.3 Å². The quantitative estimate of drug-likeness (QED) is 0.278. The first-order chi connectivity index (χ1) is 15.3. The lowest BCUT2D eigenvalue weighted by atomic mass is 9.92. The number of thiophene rings is 1. The van der Waals surface area contributed by atoms with Gasteiger partial charge in [-0.15, -0.1) is 11.3 Å². The number of alkyl halides is 3. The third kappa shape index (κ3) is 3.49. The van der Waals surface area contributed by atoms with Gasteiger partial charge in [0.25, 0.3) is 0 Å². The van der Waals surface area contributed by atoms with Gasteiger partial charge >= 0.3 is 6.18 Å². The number of hydrogen-bond donors (Lipinski definition) is 0. The monoisotopic (exact) mass is 434 g/mol. The van der Waals surface area contributed by atoms with E-state index in [1.807, 2.05) is 67.6 Å². The Morgan fingerprint density at radius 3 is 2.29 bits per heavy atom. The number of nitrogens with zero attached hydrogens (tertiary/aromatic N) is 1. The molecule has 5 rings (SSSR count). The van der Waals surface area contributed by atoms with Crippen LogP contribution in [0.2, 0.25) is 0 Å². The number of aromatic nitrogens is 1. The number of halogens is 3. The van der Waals surface area contributed by atoms with Crippen molar-refractivity contribution in [3.05, 3.63) is 102 Å². The molecule has 1 nitrogen and oxygen atoms in total. The molecule has 5 aromatic rings. The topological polar surface area (TPSA) is 12.9 Å². The average molecular weight is 435 g/mol. The molecule has 0 spiro atoms. The maximum absolute atomic E-state index is 13.6. The molecule has 0 saturated heterocycles. The Bertz CT molecular complexity index is 1440. The van der Waals surface area contributed by atoms with Crippen LogP contribution in [0, 0.1) is 0 Å². The van der Waals surface area contributed by atoms with Crippen molar-refractivity contribution in [1.82, 2.24) is 4.98 Å². The molecule has 0 fully saturated rings. The highest BCUT2D eigenvalue weighted by Gasteiger charge is 2.33. The van der Waals surface area contributed by atoms with Crippen LogP contribution in [0.5, 0.6) is 0 Å². The van der Waals surface area contributed by atoms with Crippen molar-refractivity contribution in [1.29, 1.82) is 0 Å². The van der Waals surface area contributed by atoms with Crippen LogP contribution < -0.4 is 0 Å². The van der Waals surface area contributed by atoms with Crippen LogP contribution in [-0.4, -0.2) is 4.98 Å². The minimum Gasteiger partial charge on any atom is -0.256 e. The molecule has 0 aliphatic rings. The second-order valence-corrected chi connectivity index (χ2v) is 8.41. The van der Waals surface area contributed by atoms with Crippen LogP contribution in [0.25, 0.3) is 31.4 Å². The summed E-state index contributed by atoms with van der Waals surface area (Å²) >= 11 is 1.14. The van der Waals surface area contributed by atoms with Gasteiger partial charge in [0.1, 0.15) is 0 Å². The molecule has 0 aliphatic carbocycles. The molecule has 1 atom stereocenters. The van der Waals surface area contributed by atoms with E-state index in [0.717, 1.165) is 44.2 Å². The van der Waals surface area contributed by atoms with E-state index in [2.05, 4.69) is 4.98 Å². The maximum atomic E-state index is 13.6. The number of hydrogen-bond acceptors (Lipinski definition) is 2. The fourth-order valence-corrected chi connectivity index (χ4v) is 5.27. The first kappa shape index (κ1) is 18.6. The van der Waals surface area contributed by atoms with Crippen molar-refractivity contribution in [2.24, 2.45) is 0 Å². The zero-order chi connectivity index (χ0) is 22.5. The van der Waals surface area contributed by atoms with Gasteiger partial charge in [0, 0.05) is 39.2 Å². The highest BCUT2D eigenvalue weighted by Crippen LogP contribution is 2.44. The summed E-state index contributed by atoms with van der Waals surface area (Å²) in [7, 11) is 0. The van der Waals surface area contributed by atoms with Crippen molar-refractivity contribution in [2.45, 2.75) is 19.0 Å². The summed E-state index contributed by atoms with van der Waals surface area (Å²) in [6.07, 6.45) is -2.75. The van der Waals surface area contributed by atoms with Gasteiger partial charge in [-0.25, -0.2) is 0 Å². The molecule has 0 N–H and O–H groups in total. The first-order valence-corrected chi connectivity index (χ1v) is 10.6. The van der Waals surface area contributed by atoms with Gasteiger partial charge in [-0.1, -0.05) is 67.6 Å². The van der Waals surface area contributed by atoms with Gasteiger partial charge in [0.2, 0.25) is 0 Å². The molecule has 0 saturated carbocycles.